The van der Waals surface area contributed by atoms with E-state index in [0.717, 1.165) is 0 Å². The average Bonchev–Trinajstić information content (AvgIpc) is 3.01. The molecule has 4 amide bonds. The Hall–Kier alpha value is -3.81. The van der Waals surface area contributed by atoms with E-state index in [1.807, 2.05) is 6.08 Å². The van der Waals surface area contributed by atoms with Crippen LogP contribution in [0.2, 0.25) is 0 Å². The maximum atomic E-state index is 13.2. The fourth-order valence-corrected chi connectivity index (χ4v) is 5.67. The number of hydrogen-bond acceptors (Lipinski definition) is 6. The van der Waals surface area contributed by atoms with Crippen LogP contribution in [0.5, 0.6) is 5.75 Å². The van der Waals surface area contributed by atoms with Gasteiger partial charge in [0.15, 0.2) is 11.6 Å². The Morgan fingerprint density at radius 3 is 2.50 bits per heavy atom. The van der Waals surface area contributed by atoms with Crippen molar-refractivity contribution in [1.29, 1.82) is 0 Å². The van der Waals surface area contributed by atoms with Gasteiger partial charge >= 0.3 is 6.03 Å². The van der Waals surface area contributed by atoms with Crippen molar-refractivity contribution in [2.75, 3.05) is 0 Å². The standard InChI is InChI=1S/C24H20N2O6/c1-10-8-17(28)15-9-14-11(6-7-13-19(14)23(31)26(22(13)30)24(25)32)18(20(15)21(10)29)12-4-2-3-5-16(12)27/h2-6,8,13-14,18-19,27H,7,9H2,1H3,(H2,25,32)/t13-,14+,18+,19-/m0/s1. The number of para-hydroxylation sites is 1. The molecule has 4 aliphatic rings. The SMILES string of the molecule is CC1=CC(=O)C2=C(C1=O)[C@@H](c1ccccc1O)C1=CC[C@@H]3C(=O)N(C(N)=O)C(=O)[C@@H]3[C@@H]1C2. The molecule has 1 saturated heterocycles. The molecule has 3 N–H and O–H groups in total. The molecule has 32 heavy (non-hydrogen) atoms. The molecule has 0 aromatic heterocycles. The third kappa shape index (κ3) is 2.58. The zero-order chi connectivity index (χ0) is 22.9. The fraction of sp³-hybridized carbons (Fsp3) is 0.292. The molecular formula is C24H20N2O6. The Balaban J connectivity index is 1.71. The largest absolute Gasteiger partial charge is 0.508 e. The second-order valence-corrected chi connectivity index (χ2v) is 8.64. The number of primary amides is 1. The molecule has 162 valence electrons. The third-order valence-corrected chi connectivity index (χ3v) is 7.03. The van der Waals surface area contributed by atoms with Crippen molar-refractivity contribution in [2.45, 2.75) is 25.7 Å². The lowest BCUT2D eigenvalue weighted by atomic mass is 9.59. The van der Waals surface area contributed by atoms with E-state index in [1.165, 1.54) is 12.1 Å². The predicted octanol–water partition coefficient (Wildman–Crippen LogP) is 1.90. The summed E-state index contributed by atoms with van der Waals surface area (Å²) in [7, 11) is 0. The number of fused-ring (bicyclic) bond motifs is 3. The van der Waals surface area contributed by atoms with Crippen LogP contribution < -0.4 is 5.73 Å². The minimum Gasteiger partial charge on any atom is -0.508 e. The first-order valence-electron chi connectivity index (χ1n) is 10.4. The lowest BCUT2D eigenvalue weighted by Gasteiger charge is -2.42. The number of ketones is 2. The number of hydrogen-bond donors (Lipinski definition) is 2. The molecule has 1 aromatic rings. The van der Waals surface area contributed by atoms with Gasteiger partial charge < -0.3 is 10.8 Å². The highest BCUT2D eigenvalue weighted by molar-refractivity contribution is 6.24. The summed E-state index contributed by atoms with van der Waals surface area (Å²) in [5.41, 5.74) is 7.34. The number of Topliss-reactive ketones (excluding diaryl/α,β-unsaturated/α-hetero) is 1. The van der Waals surface area contributed by atoms with Crippen molar-refractivity contribution in [2.24, 2.45) is 23.5 Å². The van der Waals surface area contributed by atoms with Crippen LogP contribution >= 0.6 is 0 Å². The monoisotopic (exact) mass is 432 g/mol. The van der Waals surface area contributed by atoms with Gasteiger partial charge in [-0.3, -0.25) is 19.2 Å². The van der Waals surface area contributed by atoms with Gasteiger partial charge in [-0.1, -0.05) is 29.8 Å². The average molecular weight is 432 g/mol. The second kappa shape index (κ2) is 6.85. The first-order valence-corrected chi connectivity index (χ1v) is 10.4. The smallest absolute Gasteiger partial charge is 0.328 e. The Bertz CT molecular complexity index is 1240. The zero-order valence-electron chi connectivity index (χ0n) is 17.2. The maximum Gasteiger partial charge on any atom is 0.328 e. The number of amides is 4. The molecule has 0 bridgehead atoms. The van der Waals surface area contributed by atoms with Crippen molar-refractivity contribution in [3.05, 3.63) is 64.3 Å². The van der Waals surface area contributed by atoms with Crippen molar-refractivity contribution in [3.63, 3.8) is 0 Å². The van der Waals surface area contributed by atoms with Gasteiger partial charge in [0.2, 0.25) is 11.8 Å². The van der Waals surface area contributed by atoms with E-state index in [-0.39, 0.29) is 35.7 Å². The third-order valence-electron chi connectivity index (χ3n) is 7.03. The normalized spacial score (nSPS) is 29.3. The molecule has 8 nitrogen and oxygen atoms in total. The van der Waals surface area contributed by atoms with E-state index in [1.54, 1.807) is 25.1 Å². The van der Waals surface area contributed by atoms with Gasteiger partial charge in [0.25, 0.3) is 0 Å². The van der Waals surface area contributed by atoms with Crippen LogP contribution in [-0.4, -0.2) is 39.4 Å². The molecule has 4 atom stereocenters. The van der Waals surface area contributed by atoms with E-state index in [2.05, 4.69) is 0 Å². The molecule has 0 spiro atoms. The number of urea groups is 1. The number of benzene rings is 1. The van der Waals surface area contributed by atoms with Crippen LogP contribution in [0.3, 0.4) is 0 Å². The first-order chi connectivity index (χ1) is 15.2. The molecule has 1 aromatic carbocycles. The van der Waals surface area contributed by atoms with E-state index < -0.39 is 41.5 Å². The summed E-state index contributed by atoms with van der Waals surface area (Å²) in [6.45, 7) is 1.58. The molecule has 0 saturated carbocycles. The van der Waals surface area contributed by atoms with Crippen LogP contribution in [0.1, 0.15) is 31.2 Å². The summed E-state index contributed by atoms with van der Waals surface area (Å²) in [5.74, 6) is -4.84. The van der Waals surface area contributed by atoms with Gasteiger partial charge in [0.05, 0.1) is 11.8 Å². The number of carbonyl (C=O) groups excluding carboxylic acids is 5. The maximum absolute atomic E-state index is 13.2. The Morgan fingerprint density at radius 2 is 1.81 bits per heavy atom. The summed E-state index contributed by atoms with van der Waals surface area (Å²) in [5, 5.41) is 10.6. The van der Waals surface area contributed by atoms with Crippen LogP contribution in [0.25, 0.3) is 0 Å². The van der Waals surface area contributed by atoms with Crippen LogP contribution in [0.15, 0.2) is 58.7 Å². The number of phenols is 1. The van der Waals surface area contributed by atoms with Crippen molar-refractivity contribution >= 4 is 29.4 Å². The highest BCUT2D eigenvalue weighted by Crippen LogP contribution is 2.55. The second-order valence-electron chi connectivity index (χ2n) is 8.64. The molecule has 1 heterocycles. The number of carbonyl (C=O) groups is 5. The Morgan fingerprint density at radius 1 is 1.09 bits per heavy atom. The predicted molar refractivity (Wildman–Crippen MR) is 111 cm³/mol. The van der Waals surface area contributed by atoms with Crippen LogP contribution in [0.4, 0.5) is 4.79 Å². The van der Waals surface area contributed by atoms with Gasteiger partial charge in [0, 0.05) is 28.2 Å². The quantitative estimate of drug-likeness (QED) is 0.395. The number of imide groups is 3. The van der Waals surface area contributed by atoms with Gasteiger partial charge in [0.1, 0.15) is 5.75 Å². The van der Waals surface area contributed by atoms with E-state index in [4.69, 9.17) is 5.73 Å². The summed E-state index contributed by atoms with van der Waals surface area (Å²) < 4.78 is 0. The minimum absolute atomic E-state index is 0.0342. The van der Waals surface area contributed by atoms with Crippen LogP contribution in [-0.2, 0) is 19.2 Å². The fourth-order valence-electron chi connectivity index (χ4n) is 5.67. The Labute approximate surface area is 183 Å². The molecule has 3 aliphatic carbocycles. The topological polar surface area (TPSA) is 135 Å². The first kappa shape index (κ1) is 20.1. The summed E-state index contributed by atoms with van der Waals surface area (Å²) in [4.78, 5) is 64.1. The molecular weight excluding hydrogens is 412 g/mol. The highest BCUT2D eigenvalue weighted by Gasteiger charge is 2.57. The lowest BCUT2D eigenvalue weighted by Crippen LogP contribution is -2.42. The molecule has 8 heteroatoms. The molecule has 5 rings (SSSR count). The number of rotatable bonds is 1. The zero-order valence-corrected chi connectivity index (χ0v) is 17.2. The summed E-state index contributed by atoms with van der Waals surface area (Å²) in [6, 6.07) is 5.45. The highest BCUT2D eigenvalue weighted by atomic mass is 16.3. The number of aromatic hydroxyl groups is 1. The number of allylic oxidation sites excluding steroid dienone is 6. The van der Waals surface area contributed by atoms with Crippen molar-refractivity contribution < 1.29 is 29.1 Å². The number of nitrogens with two attached hydrogens (primary N) is 1. The van der Waals surface area contributed by atoms with Gasteiger partial charge in [-0.05, 0) is 37.8 Å². The molecule has 1 fully saturated rings. The Kier molecular flexibility index (Phi) is 4.30. The van der Waals surface area contributed by atoms with E-state index in [9.17, 15) is 29.1 Å². The number of phenolic OH excluding ortho intramolecular Hbond substituents is 1. The van der Waals surface area contributed by atoms with Crippen molar-refractivity contribution in [1.82, 2.24) is 4.90 Å². The van der Waals surface area contributed by atoms with Gasteiger partial charge in [-0.25, -0.2) is 4.79 Å². The summed E-state index contributed by atoms with van der Waals surface area (Å²) >= 11 is 0. The lowest BCUT2D eigenvalue weighted by molar-refractivity contribution is -0.136. The van der Waals surface area contributed by atoms with Crippen LogP contribution in [0, 0.1) is 17.8 Å². The molecule has 1 aliphatic heterocycles. The number of likely N-dealkylation sites (tertiary alicyclic amines) is 1. The van der Waals surface area contributed by atoms with Crippen molar-refractivity contribution in [3.8, 4) is 5.75 Å². The minimum atomic E-state index is -1.12. The summed E-state index contributed by atoms with van der Waals surface area (Å²) in [6.07, 6.45) is 3.41. The van der Waals surface area contributed by atoms with Gasteiger partial charge in [-0.15, -0.1) is 0 Å². The van der Waals surface area contributed by atoms with E-state index in [0.29, 0.717) is 27.2 Å². The van der Waals surface area contributed by atoms with Gasteiger partial charge in [-0.2, -0.15) is 4.90 Å². The number of nitrogens with zero attached hydrogens (tertiary/aromatic N) is 1. The molecule has 0 unspecified atom stereocenters. The van der Waals surface area contributed by atoms with E-state index >= 15 is 0 Å². The molecule has 0 radical (unpaired) electrons.